The minimum absolute atomic E-state index is 0.126. The van der Waals surface area contributed by atoms with Crippen LogP contribution in [0.2, 0.25) is 0 Å². The Morgan fingerprint density at radius 2 is 2.20 bits per heavy atom. The van der Waals surface area contributed by atoms with Crippen LogP contribution in [0, 0.1) is 5.41 Å². The Bertz CT molecular complexity index is 361. The van der Waals surface area contributed by atoms with E-state index in [9.17, 15) is 4.79 Å². The Kier molecular flexibility index (Phi) is 3.29. The van der Waals surface area contributed by atoms with E-state index in [1.54, 1.807) is 19.9 Å². The number of rotatable bonds is 3. The number of aromatic hydroxyl groups is 1. The van der Waals surface area contributed by atoms with Crippen molar-refractivity contribution in [3.8, 4) is 11.8 Å². The van der Waals surface area contributed by atoms with Gasteiger partial charge in [-0.05, 0) is 20.3 Å². The van der Waals surface area contributed by atoms with Gasteiger partial charge in [0.2, 0.25) is 11.8 Å². The molecular weight excluding hydrogens is 194 g/mol. The second-order valence-electron chi connectivity index (χ2n) is 3.96. The molecule has 0 radical (unpaired) electrons. The molecule has 15 heavy (non-hydrogen) atoms. The van der Waals surface area contributed by atoms with E-state index in [0.29, 0.717) is 6.42 Å². The minimum atomic E-state index is -0.535. The Balaban J connectivity index is 2.75. The molecule has 1 N–H and O–H groups in total. The van der Waals surface area contributed by atoms with Crippen molar-refractivity contribution in [2.45, 2.75) is 27.2 Å². The second-order valence-corrected chi connectivity index (χ2v) is 3.96. The highest BCUT2D eigenvalue weighted by atomic mass is 16.5. The molecule has 0 aliphatic rings. The van der Waals surface area contributed by atoms with Crippen LogP contribution in [-0.4, -0.2) is 16.1 Å². The van der Waals surface area contributed by atoms with Crippen molar-refractivity contribution in [1.29, 1.82) is 0 Å². The predicted molar refractivity (Wildman–Crippen MR) is 55.6 cm³/mol. The van der Waals surface area contributed by atoms with E-state index in [-0.39, 0.29) is 17.7 Å². The molecule has 0 fully saturated rings. The number of pyridine rings is 1. The van der Waals surface area contributed by atoms with E-state index in [2.05, 4.69) is 4.98 Å². The Hall–Kier alpha value is -1.58. The average Bonchev–Trinajstić information content (AvgIpc) is 2.17. The first-order valence-corrected chi connectivity index (χ1v) is 4.84. The minimum Gasteiger partial charge on any atom is -0.493 e. The molecule has 4 nitrogen and oxygen atoms in total. The summed E-state index contributed by atoms with van der Waals surface area (Å²) < 4.78 is 5.04. The fourth-order valence-electron chi connectivity index (χ4n) is 0.838. The van der Waals surface area contributed by atoms with Crippen molar-refractivity contribution in [1.82, 2.24) is 4.98 Å². The molecule has 1 rings (SSSR count). The van der Waals surface area contributed by atoms with Crippen LogP contribution in [-0.2, 0) is 4.79 Å². The van der Waals surface area contributed by atoms with Gasteiger partial charge in [-0.2, -0.15) is 4.98 Å². The number of nitrogens with zero attached hydrogens (tertiary/aromatic N) is 1. The van der Waals surface area contributed by atoms with Crippen LogP contribution >= 0.6 is 0 Å². The SMILES string of the molecule is CCC(C)(C)C(=O)Oc1cccc(O)n1. The van der Waals surface area contributed by atoms with Crippen molar-refractivity contribution in [3.05, 3.63) is 18.2 Å². The fourth-order valence-corrected chi connectivity index (χ4v) is 0.838. The Labute approximate surface area is 88.9 Å². The highest BCUT2D eigenvalue weighted by Crippen LogP contribution is 2.23. The van der Waals surface area contributed by atoms with Crippen LogP contribution in [0.5, 0.6) is 11.8 Å². The normalized spacial score (nSPS) is 11.1. The Morgan fingerprint density at radius 3 is 2.73 bits per heavy atom. The van der Waals surface area contributed by atoms with Gasteiger partial charge in [0, 0.05) is 12.1 Å². The summed E-state index contributed by atoms with van der Waals surface area (Å²) in [4.78, 5) is 15.3. The monoisotopic (exact) mass is 209 g/mol. The van der Waals surface area contributed by atoms with E-state index < -0.39 is 5.41 Å². The van der Waals surface area contributed by atoms with Crippen LogP contribution in [0.3, 0.4) is 0 Å². The third-order valence-corrected chi connectivity index (χ3v) is 2.34. The number of carbonyl (C=O) groups is 1. The highest BCUT2D eigenvalue weighted by molar-refractivity contribution is 5.77. The molecule has 1 heterocycles. The van der Waals surface area contributed by atoms with Gasteiger partial charge in [0.25, 0.3) is 0 Å². The summed E-state index contributed by atoms with van der Waals surface area (Å²) in [5.41, 5.74) is -0.535. The first-order chi connectivity index (χ1) is 6.95. The molecular formula is C11H15NO3. The summed E-state index contributed by atoms with van der Waals surface area (Å²) in [5.74, 6) is -0.376. The second kappa shape index (κ2) is 4.29. The van der Waals surface area contributed by atoms with E-state index >= 15 is 0 Å². The number of esters is 1. The third kappa shape index (κ3) is 2.94. The standard InChI is InChI=1S/C11H15NO3/c1-4-11(2,3)10(14)15-9-7-5-6-8(13)12-9/h5-7H,4H2,1-3H3,(H,12,13). The van der Waals surface area contributed by atoms with Gasteiger partial charge in [-0.15, -0.1) is 0 Å². The zero-order valence-electron chi connectivity index (χ0n) is 9.15. The molecule has 82 valence electrons. The third-order valence-electron chi connectivity index (χ3n) is 2.34. The Morgan fingerprint density at radius 1 is 1.53 bits per heavy atom. The molecule has 0 aliphatic heterocycles. The maximum absolute atomic E-state index is 11.6. The molecule has 0 aromatic carbocycles. The summed E-state index contributed by atoms with van der Waals surface area (Å²) in [6, 6.07) is 4.52. The molecule has 0 saturated carbocycles. The van der Waals surface area contributed by atoms with Gasteiger partial charge in [0.15, 0.2) is 0 Å². The van der Waals surface area contributed by atoms with Crippen LogP contribution in [0.15, 0.2) is 18.2 Å². The quantitative estimate of drug-likeness (QED) is 0.775. The summed E-state index contributed by atoms with van der Waals surface area (Å²) in [6.45, 7) is 5.52. The predicted octanol–water partition coefficient (Wildman–Crippen LogP) is 2.13. The van der Waals surface area contributed by atoms with Crippen molar-refractivity contribution in [3.63, 3.8) is 0 Å². The van der Waals surface area contributed by atoms with Crippen molar-refractivity contribution < 1.29 is 14.6 Å². The smallest absolute Gasteiger partial charge is 0.318 e. The molecule has 0 aliphatic carbocycles. The zero-order chi connectivity index (χ0) is 11.5. The lowest BCUT2D eigenvalue weighted by Crippen LogP contribution is -2.28. The molecule has 0 saturated heterocycles. The van der Waals surface area contributed by atoms with E-state index in [0.717, 1.165) is 0 Å². The number of hydrogen-bond donors (Lipinski definition) is 1. The van der Waals surface area contributed by atoms with Gasteiger partial charge in [-0.3, -0.25) is 4.79 Å². The highest BCUT2D eigenvalue weighted by Gasteiger charge is 2.27. The molecule has 0 unspecified atom stereocenters. The maximum atomic E-state index is 11.6. The van der Waals surface area contributed by atoms with E-state index in [1.807, 2.05) is 6.92 Å². The zero-order valence-corrected chi connectivity index (χ0v) is 9.15. The van der Waals surface area contributed by atoms with Gasteiger partial charge in [0.05, 0.1) is 5.41 Å². The first kappa shape index (κ1) is 11.5. The number of ether oxygens (including phenoxy) is 1. The summed E-state index contributed by atoms with van der Waals surface area (Å²) in [5, 5.41) is 9.08. The van der Waals surface area contributed by atoms with Crippen molar-refractivity contribution in [2.24, 2.45) is 5.41 Å². The van der Waals surface area contributed by atoms with Crippen molar-refractivity contribution in [2.75, 3.05) is 0 Å². The van der Waals surface area contributed by atoms with Crippen LogP contribution in [0.25, 0.3) is 0 Å². The van der Waals surface area contributed by atoms with Crippen LogP contribution in [0.1, 0.15) is 27.2 Å². The molecule has 1 aromatic rings. The lowest BCUT2D eigenvalue weighted by molar-refractivity contribution is -0.144. The molecule has 1 aromatic heterocycles. The van der Waals surface area contributed by atoms with Gasteiger partial charge in [0.1, 0.15) is 0 Å². The van der Waals surface area contributed by atoms with Crippen LogP contribution < -0.4 is 4.74 Å². The van der Waals surface area contributed by atoms with Gasteiger partial charge in [-0.25, -0.2) is 0 Å². The average molecular weight is 209 g/mol. The first-order valence-electron chi connectivity index (χ1n) is 4.84. The van der Waals surface area contributed by atoms with E-state index in [1.165, 1.54) is 12.1 Å². The van der Waals surface area contributed by atoms with Crippen molar-refractivity contribution >= 4 is 5.97 Å². The molecule has 0 atom stereocenters. The number of carbonyl (C=O) groups excluding carboxylic acids is 1. The van der Waals surface area contributed by atoms with E-state index in [4.69, 9.17) is 9.84 Å². The van der Waals surface area contributed by atoms with Crippen LogP contribution in [0.4, 0.5) is 0 Å². The molecule has 0 spiro atoms. The number of hydrogen-bond acceptors (Lipinski definition) is 4. The summed E-state index contributed by atoms with van der Waals surface area (Å²) in [6.07, 6.45) is 0.685. The molecule has 4 heteroatoms. The summed E-state index contributed by atoms with van der Waals surface area (Å²) in [7, 11) is 0. The largest absolute Gasteiger partial charge is 0.493 e. The fraction of sp³-hybridized carbons (Fsp3) is 0.455. The molecule has 0 amide bonds. The van der Waals surface area contributed by atoms with Gasteiger partial charge in [-0.1, -0.05) is 13.0 Å². The lowest BCUT2D eigenvalue weighted by atomic mass is 9.91. The topological polar surface area (TPSA) is 59.4 Å². The number of aromatic nitrogens is 1. The molecule has 0 bridgehead atoms. The van der Waals surface area contributed by atoms with Gasteiger partial charge >= 0.3 is 5.97 Å². The summed E-state index contributed by atoms with van der Waals surface area (Å²) >= 11 is 0. The van der Waals surface area contributed by atoms with Gasteiger partial charge < -0.3 is 9.84 Å². The lowest BCUT2D eigenvalue weighted by Gasteiger charge is -2.19. The maximum Gasteiger partial charge on any atom is 0.318 e.